The Labute approximate surface area is 150 Å². The quantitative estimate of drug-likeness (QED) is 0.849. The zero-order valence-electron chi connectivity index (χ0n) is 14.3. The summed E-state index contributed by atoms with van der Waals surface area (Å²) in [5.41, 5.74) is 2.01. The van der Waals surface area contributed by atoms with Crippen molar-refractivity contribution in [1.82, 2.24) is 14.7 Å². The van der Waals surface area contributed by atoms with E-state index in [0.717, 1.165) is 12.0 Å². The van der Waals surface area contributed by atoms with E-state index >= 15 is 0 Å². The molecular formula is C18H20N4O4. The first-order chi connectivity index (χ1) is 12.7. The standard InChI is InChI=1S/C18H20N4O4/c23-17-16-4-3-14(9-13(16)12-26-17)20-18(24)21-6-2-8-25-15(10-21)11-22-7-1-5-19-22/h1,3-5,7,9,15H,2,6,8,10-12H2,(H,20,24)/t15-/m1/s1. The summed E-state index contributed by atoms with van der Waals surface area (Å²) in [6.45, 7) is 2.61. The van der Waals surface area contributed by atoms with Crippen LogP contribution in [0.2, 0.25) is 0 Å². The molecule has 4 rings (SSSR count). The molecule has 0 bridgehead atoms. The minimum absolute atomic E-state index is 0.103. The second-order valence-electron chi connectivity index (χ2n) is 6.40. The number of hydrogen-bond acceptors (Lipinski definition) is 5. The van der Waals surface area contributed by atoms with E-state index in [-0.39, 0.29) is 24.7 Å². The van der Waals surface area contributed by atoms with E-state index in [9.17, 15) is 9.59 Å². The average molecular weight is 356 g/mol. The van der Waals surface area contributed by atoms with Gasteiger partial charge in [0, 0.05) is 36.8 Å². The summed E-state index contributed by atoms with van der Waals surface area (Å²) in [6.07, 6.45) is 4.29. The molecule has 1 atom stereocenters. The number of cyclic esters (lactones) is 1. The second-order valence-corrected chi connectivity index (χ2v) is 6.40. The molecule has 0 unspecified atom stereocenters. The maximum absolute atomic E-state index is 12.7. The third-order valence-corrected chi connectivity index (χ3v) is 4.52. The molecule has 136 valence electrons. The van der Waals surface area contributed by atoms with Gasteiger partial charge in [-0.15, -0.1) is 0 Å². The summed E-state index contributed by atoms with van der Waals surface area (Å²) in [5, 5.41) is 7.10. The molecule has 2 aromatic rings. The lowest BCUT2D eigenvalue weighted by Crippen LogP contribution is -2.41. The van der Waals surface area contributed by atoms with Gasteiger partial charge in [0.1, 0.15) is 6.61 Å². The molecule has 8 heteroatoms. The Morgan fingerprint density at radius 3 is 3.15 bits per heavy atom. The molecule has 0 saturated carbocycles. The number of hydrogen-bond donors (Lipinski definition) is 1. The maximum atomic E-state index is 12.7. The van der Waals surface area contributed by atoms with Crippen LogP contribution < -0.4 is 5.32 Å². The minimum Gasteiger partial charge on any atom is -0.457 e. The highest BCUT2D eigenvalue weighted by atomic mass is 16.5. The van der Waals surface area contributed by atoms with Gasteiger partial charge in [-0.05, 0) is 30.7 Å². The van der Waals surface area contributed by atoms with E-state index in [1.54, 1.807) is 29.3 Å². The molecule has 1 fully saturated rings. The van der Waals surface area contributed by atoms with Gasteiger partial charge < -0.3 is 19.7 Å². The van der Waals surface area contributed by atoms with Gasteiger partial charge in [0.15, 0.2) is 0 Å². The number of aromatic nitrogens is 2. The van der Waals surface area contributed by atoms with Crippen molar-refractivity contribution in [2.75, 3.05) is 25.0 Å². The van der Waals surface area contributed by atoms with E-state index < -0.39 is 0 Å². The Hall–Kier alpha value is -2.87. The molecule has 3 heterocycles. The number of amides is 2. The van der Waals surface area contributed by atoms with Crippen molar-refractivity contribution in [1.29, 1.82) is 0 Å². The minimum atomic E-state index is -0.316. The number of carbonyl (C=O) groups excluding carboxylic acids is 2. The first kappa shape index (κ1) is 16.6. The zero-order chi connectivity index (χ0) is 17.9. The molecule has 2 aliphatic rings. The van der Waals surface area contributed by atoms with Crippen molar-refractivity contribution in [2.45, 2.75) is 25.7 Å². The number of nitrogens with one attached hydrogen (secondary N) is 1. The first-order valence-electron chi connectivity index (χ1n) is 8.64. The molecule has 1 aromatic heterocycles. The van der Waals surface area contributed by atoms with E-state index in [1.165, 1.54) is 0 Å². The van der Waals surface area contributed by atoms with Crippen molar-refractivity contribution in [3.8, 4) is 0 Å². The number of fused-ring (bicyclic) bond motifs is 1. The summed E-state index contributed by atoms with van der Waals surface area (Å²) in [4.78, 5) is 25.9. The lowest BCUT2D eigenvalue weighted by atomic mass is 10.1. The number of ether oxygens (including phenoxy) is 2. The highest BCUT2D eigenvalue weighted by Crippen LogP contribution is 2.23. The van der Waals surface area contributed by atoms with Crippen molar-refractivity contribution < 1.29 is 19.1 Å². The Bertz CT molecular complexity index is 806. The fourth-order valence-electron chi connectivity index (χ4n) is 3.22. The molecular weight excluding hydrogens is 336 g/mol. The Morgan fingerprint density at radius 2 is 2.31 bits per heavy atom. The molecule has 0 radical (unpaired) electrons. The number of urea groups is 1. The number of rotatable bonds is 3. The molecule has 1 aromatic carbocycles. The van der Waals surface area contributed by atoms with E-state index in [2.05, 4.69) is 10.4 Å². The van der Waals surface area contributed by atoms with Crippen LogP contribution in [0.3, 0.4) is 0 Å². The van der Waals surface area contributed by atoms with Crippen molar-refractivity contribution >= 4 is 17.7 Å². The predicted molar refractivity (Wildman–Crippen MR) is 92.7 cm³/mol. The molecule has 1 saturated heterocycles. The highest BCUT2D eigenvalue weighted by Gasteiger charge is 2.25. The smallest absolute Gasteiger partial charge is 0.338 e. The topological polar surface area (TPSA) is 85.7 Å². The fourth-order valence-corrected chi connectivity index (χ4v) is 3.22. The van der Waals surface area contributed by atoms with E-state index in [1.807, 2.05) is 16.9 Å². The predicted octanol–water partition coefficient (Wildman–Crippen LogP) is 1.88. The Kier molecular flexibility index (Phi) is 4.57. The number of nitrogens with zero attached hydrogens (tertiary/aromatic N) is 3. The van der Waals surface area contributed by atoms with Gasteiger partial charge in [-0.25, -0.2) is 9.59 Å². The maximum Gasteiger partial charge on any atom is 0.338 e. The number of carbonyl (C=O) groups is 2. The van der Waals surface area contributed by atoms with E-state index in [4.69, 9.17) is 9.47 Å². The highest BCUT2D eigenvalue weighted by molar-refractivity contribution is 5.95. The number of benzene rings is 1. The Morgan fingerprint density at radius 1 is 1.38 bits per heavy atom. The summed E-state index contributed by atoms with van der Waals surface area (Å²) in [6, 6.07) is 6.88. The second kappa shape index (κ2) is 7.17. The third kappa shape index (κ3) is 3.55. The third-order valence-electron chi connectivity index (χ3n) is 4.52. The molecule has 0 spiro atoms. The van der Waals surface area contributed by atoms with Gasteiger partial charge in [-0.3, -0.25) is 4.68 Å². The molecule has 2 aliphatic heterocycles. The SMILES string of the molecule is O=C1OCc2cc(NC(=O)N3CCCO[C@@H](Cn4cccn4)C3)ccc21. The van der Waals surface area contributed by atoms with Crippen LogP contribution in [0.1, 0.15) is 22.3 Å². The molecule has 8 nitrogen and oxygen atoms in total. The van der Waals surface area contributed by atoms with Crippen molar-refractivity contribution in [3.63, 3.8) is 0 Å². The van der Waals surface area contributed by atoms with Crippen LogP contribution in [0, 0.1) is 0 Å². The Balaban J connectivity index is 1.41. The zero-order valence-corrected chi connectivity index (χ0v) is 14.3. The summed E-state index contributed by atoms with van der Waals surface area (Å²) in [7, 11) is 0. The van der Waals surface area contributed by atoms with Crippen molar-refractivity contribution in [3.05, 3.63) is 47.8 Å². The molecule has 1 N–H and O–H groups in total. The fraction of sp³-hybridized carbons (Fsp3) is 0.389. The van der Waals surface area contributed by atoms with Crippen LogP contribution >= 0.6 is 0 Å². The first-order valence-corrected chi connectivity index (χ1v) is 8.64. The lowest BCUT2D eigenvalue weighted by molar-refractivity contribution is 0.0442. The van der Waals surface area contributed by atoms with Gasteiger partial charge >= 0.3 is 12.0 Å². The van der Waals surface area contributed by atoms with Gasteiger partial charge in [-0.1, -0.05) is 0 Å². The van der Waals surface area contributed by atoms with Crippen LogP contribution in [-0.4, -0.2) is 52.5 Å². The van der Waals surface area contributed by atoms with Gasteiger partial charge in [0.2, 0.25) is 0 Å². The molecule has 2 amide bonds. The van der Waals surface area contributed by atoms with Crippen LogP contribution in [0.25, 0.3) is 0 Å². The molecule has 0 aliphatic carbocycles. The van der Waals surface area contributed by atoms with Gasteiger partial charge in [0.05, 0.1) is 24.8 Å². The number of esters is 1. The van der Waals surface area contributed by atoms with E-state index in [0.29, 0.717) is 37.5 Å². The summed E-state index contributed by atoms with van der Waals surface area (Å²) >= 11 is 0. The largest absolute Gasteiger partial charge is 0.457 e. The lowest BCUT2D eigenvalue weighted by Gasteiger charge is -2.24. The summed E-state index contributed by atoms with van der Waals surface area (Å²) in [5.74, 6) is -0.316. The summed E-state index contributed by atoms with van der Waals surface area (Å²) < 4.78 is 12.6. The van der Waals surface area contributed by atoms with Gasteiger partial charge in [-0.2, -0.15) is 5.10 Å². The average Bonchev–Trinajstić information content (AvgIpc) is 3.20. The van der Waals surface area contributed by atoms with Crippen LogP contribution in [0.5, 0.6) is 0 Å². The van der Waals surface area contributed by atoms with Crippen LogP contribution in [-0.2, 0) is 22.6 Å². The van der Waals surface area contributed by atoms with Crippen LogP contribution in [0.4, 0.5) is 10.5 Å². The molecule has 26 heavy (non-hydrogen) atoms. The van der Waals surface area contributed by atoms with Gasteiger partial charge in [0.25, 0.3) is 0 Å². The normalized spacial score (nSPS) is 19.6. The van der Waals surface area contributed by atoms with Crippen molar-refractivity contribution in [2.24, 2.45) is 0 Å². The van der Waals surface area contributed by atoms with Crippen LogP contribution in [0.15, 0.2) is 36.7 Å². The monoisotopic (exact) mass is 356 g/mol. The number of anilines is 1.